The third kappa shape index (κ3) is 2.65. The van der Waals surface area contributed by atoms with Gasteiger partial charge >= 0.3 is 0 Å². The van der Waals surface area contributed by atoms with Crippen LogP contribution in [0, 0.1) is 5.82 Å². The first-order valence-corrected chi connectivity index (χ1v) is 7.05. The minimum atomic E-state index is -0.281. The molecule has 0 aliphatic heterocycles. The molecule has 1 fully saturated rings. The maximum atomic E-state index is 13.0. The third-order valence-corrected chi connectivity index (χ3v) is 3.39. The minimum Gasteiger partial charge on any atom is -0.351 e. The zero-order valence-corrected chi connectivity index (χ0v) is 11.6. The highest BCUT2D eigenvalue weighted by atomic mass is 19.1. The van der Waals surface area contributed by atoms with Gasteiger partial charge in [-0.05, 0) is 37.1 Å². The van der Waals surface area contributed by atoms with Crippen LogP contribution in [0.2, 0.25) is 0 Å². The van der Waals surface area contributed by atoms with Crippen LogP contribution < -0.4 is 10.6 Å². The van der Waals surface area contributed by atoms with Crippen LogP contribution in [0.5, 0.6) is 0 Å². The smallest absolute Gasteiger partial charge is 0.223 e. The summed E-state index contributed by atoms with van der Waals surface area (Å²) in [6.45, 7) is 0. The Morgan fingerprint density at radius 1 is 1.05 bits per heavy atom. The van der Waals surface area contributed by atoms with Gasteiger partial charge < -0.3 is 10.6 Å². The van der Waals surface area contributed by atoms with Crippen molar-refractivity contribution in [2.75, 3.05) is 10.6 Å². The number of rotatable bonds is 4. The SMILES string of the molecule is Fc1ccc(Nc2ncnc3cnc(NC4CC4)nc23)cc1. The first kappa shape index (κ1) is 12.9. The number of hydrogen-bond donors (Lipinski definition) is 2. The highest BCUT2D eigenvalue weighted by molar-refractivity contribution is 5.87. The van der Waals surface area contributed by atoms with E-state index in [1.165, 1.54) is 18.5 Å². The molecular weight excluding hydrogens is 283 g/mol. The summed E-state index contributed by atoms with van der Waals surface area (Å²) >= 11 is 0. The first-order valence-electron chi connectivity index (χ1n) is 7.05. The summed E-state index contributed by atoms with van der Waals surface area (Å²) in [6, 6.07) is 6.54. The molecule has 22 heavy (non-hydrogen) atoms. The number of nitrogens with one attached hydrogen (secondary N) is 2. The molecule has 0 unspecified atom stereocenters. The van der Waals surface area contributed by atoms with Crippen molar-refractivity contribution in [3.63, 3.8) is 0 Å². The zero-order valence-electron chi connectivity index (χ0n) is 11.6. The Morgan fingerprint density at radius 2 is 1.86 bits per heavy atom. The summed E-state index contributed by atoms with van der Waals surface area (Å²) < 4.78 is 13.0. The van der Waals surface area contributed by atoms with E-state index in [4.69, 9.17) is 0 Å². The van der Waals surface area contributed by atoms with E-state index in [0.29, 0.717) is 28.8 Å². The lowest BCUT2D eigenvalue weighted by Crippen LogP contribution is -2.06. The Kier molecular flexibility index (Phi) is 3.03. The highest BCUT2D eigenvalue weighted by Gasteiger charge is 2.22. The van der Waals surface area contributed by atoms with Crippen LogP contribution in [-0.2, 0) is 0 Å². The summed E-state index contributed by atoms with van der Waals surface area (Å²) in [6.07, 6.45) is 5.41. The lowest BCUT2D eigenvalue weighted by atomic mass is 10.3. The molecule has 0 atom stereocenters. The second kappa shape index (κ2) is 5.18. The molecule has 0 amide bonds. The van der Waals surface area contributed by atoms with Gasteiger partial charge in [0.05, 0.1) is 6.20 Å². The van der Waals surface area contributed by atoms with Gasteiger partial charge in [0.1, 0.15) is 23.2 Å². The van der Waals surface area contributed by atoms with E-state index in [1.807, 2.05) is 0 Å². The predicted molar refractivity (Wildman–Crippen MR) is 81.5 cm³/mol. The second-order valence-corrected chi connectivity index (χ2v) is 5.20. The van der Waals surface area contributed by atoms with Crippen molar-refractivity contribution in [2.24, 2.45) is 0 Å². The molecule has 1 aliphatic carbocycles. The predicted octanol–water partition coefficient (Wildman–Crippen LogP) is 2.88. The molecule has 7 heteroatoms. The number of benzene rings is 1. The van der Waals surface area contributed by atoms with Gasteiger partial charge in [-0.3, -0.25) is 0 Å². The van der Waals surface area contributed by atoms with Crippen LogP contribution in [0.25, 0.3) is 11.0 Å². The van der Waals surface area contributed by atoms with E-state index in [9.17, 15) is 4.39 Å². The molecular formula is C15H13FN6. The quantitative estimate of drug-likeness (QED) is 0.771. The highest BCUT2D eigenvalue weighted by Crippen LogP contribution is 2.25. The average Bonchev–Trinajstić information content (AvgIpc) is 3.34. The van der Waals surface area contributed by atoms with Gasteiger partial charge in [0, 0.05) is 11.7 Å². The molecule has 2 N–H and O–H groups in total. The van der Waals surface area contributed by atoms with Gasteiger partial charge in [-0.15, -0.1) is 0 Å². The molecule has 3 aromatic rings. The number of halogens is 1. The molecule has 0 saturated heterocycles. The Balaban J connectivity index is 1.70. The summed E-state index contributed by atoms with van der Waals surface area (Å²) in [7, 11) is 0. The number of hydrogen-bond acceptors (Lipinski definition) is 6. The molecule has 0 spiro atoms. The number of aromatic nitrogens is 4. The van der Waals surface area contributed by atoms with Crippen molar-refractivity contribution in [1.82, 2.24) is 19.9 Å². The van der Waals surface area contributed by atoms with Crippen molar-refractivity contribution in [3.05, 3.63) is 42.6 Å². The molecule has 1 aromatic carbocycles. The van der Waals surface area contributed by atoms with Crippen molar-refractivity contribution >= 4 is 28.5 Å². The molecule has 0 bridgehead atoms. The maximum absolute atomic E-state index is 13.0. The van der Waals surface area contributed by atoms with Gasteiger partial charge in [-0.25, -0.2) is 24.3 Å². The minimum absolute atomic E-state index is 0.281. The Hall–Kier alpha value is -2.83. The fraction of sp³-hybridized carbons (Fsp3) is 0.200. The van der Waals surface area contributed by atoms with E-state index in [0.717, 1.165) is 18.5 Å². The maximum Gasteiger partial charge on any atom is 0.223 e. The van der Waals surface area contributed by atoms with Crippen LogP contribution >= 0.6 is 0 Å². The summed E-state index contributed by atoms with van der Waals surface area (Å²) in [5, 5.41) is 6.39. The monoisotopic (exact) mass is 296 g/mol. The zero-order chi connectivity index (χ0) is 14.9. The molecule has 2 aromatic heterocycles. The lowest BCUT2D eigenvalue weighted by molar-refractivity contribution is 0.628. The van der Waals surface area contributed by atoms with Crippen LogP contribution in [0.15, 0.2) is 36.8 Å². The molecule has 1 saturated carbocycles. The normalized spacial score (nSPS) is 14.0. The molecule has 6 nitrogen and oxygen atoms in total. The average molecular weight is 296 g/mol. The molecule has 0 radical (unpaired) electrons. The van der Waals surface area contributed by atoms with Crippen molar-refractivity contribution in [3.8, 4) is 0 Å². The van der Waals surface area contributed by atoms with Gasteiger partial charge in [0.15, 0.2) is 5.82 Å². The molecule has 1 aliphatic rings. The van der Waals surface area contributed by atoms with Crippen molar-refractivity contribution in [2.45, 2.75) is 18.9 Å². The van der Waals surface area contributed by atoms with Gasteiger partial charge in [0.25, 0.3) is 0 Å². The van der Waals surface area contributed by atoms with E-state index >= 15 is 0 Å². The molecule has 4 rings (SSSR count). The van der Waals surface area contributed by atoms with E-state index in [1.54, 1.807) is 18.3 Å². The largest absolute Gasteiger partial charge is 0.351 e. The summed E-state index contributed by atoms with van der Waals surface area (Å²) in [5.74, 6) is 0.862. The van der Waals surface area contributed by atoms with Gasteiger partial charge in [0.2, 0.25) is 5.95 Å². The van der Waals surface area contributed by atoms with Crippen molar-refractivity contribution < 1.29 is 4.39 Å². The fourth-order valence-electron chi connectivity index (χ4n) is 2.10. The van der Waals surface area contributed by atoms with Crippen LogP contribution in [0.1, 0.15) is 12.8 Å². The van der Waals surface area contributed by atoms with Crippen LogP contribution in [-0.4, -0.2) is 26.0 Å². The second-order valence-electron chi connectivity index (χ2n) is 5.20. The number of nitrogens with zero attached hydrogens (tertiary/aromatic N) is 4. The number of fused-ring (bicyclic) bond motifs is 1. The van der Waals surface area contributed by atoms with E-state index in [2.05, 4.69) is 30.6 Å². The standard InChI is InChI=1S/C15H13FN6/c16-9-1-3-10(4-2-9)20-14-13-12(18-8-19-14)7-17-15(22-13)21-11-5-6-11/h1-4,7-8,11H,5-6H2,(H,17,21,22)(H,18,19,20). The van der Waals surface area contributed by atoms with Crippen LogP contribution in [0.3, 0.4) is 0 Å². The van der Waals surface area contributed by atoms with Crippen LogP contribution in [0.4, 0.5) is 21.8 Å². The first-order chi connectivity index (χ1) is 10.8. The molecule has 110 valence electrons. The number of anilines is 3. The van der Waals surface area contributed by atoms with Gasteiger partial charge in [-0.1, -0.05) is 0 Å². The Labute approximate surface area is 125 Å². The fourth-order valence-corrected chi connectivity index (χ4v) is 2.10. The molecule has 2 heterocycles. The topological polar surface area (TPSA) is 75.6 Å². The summed E-state index contributed by atoms with van der Waals surface area (Å²) in [5.41, 5.74) is 2.02. The van der Waals surface area contributed by atoms with Gasteiger partial charge in [-0.2, -0.15) is 0 Å². The summed E-state index contributed by atoms with van der Waals surface area (Å²) in [4.78, 5) is 17.1. The van der Waals surface area contributed by atoms with E-state index < -0.39 is 0 Å². The third-order valence-electron chi connectivity index (χ3n) is 3.39. The Morgan fingerprint density at radius 3 is 2.64 bits per heavy atom. The van der Waals surface area contributed by atoms with E-state index in [-0.39, 0.29) is 5.82 Å². The Bertz CT molecular complexity index is 816. The van der Waals surface area contributed by atoms with Crippen molar-refractivity contribution in [1.29, 1.82) is 0 Å². The lowest BCUT2D eigenvalue weighted by Gasteiger charge is -2.09.